The molecule has 0 aliphatic carbocycles. The number of amides is 3. The van der Waals surface area contributed by atoms with Gasteiger partial charge in [-0.25, -0.2) is 14.4 Å². The highest BCUT2D eigenvalue weighted by Gasteiger charge is 2.34. The third kappa shape index (κ3) is 31.1. The fraction of sp³-hybridized carbons (Fsp3) is 0.303. The van der Waals surface area contributed by atoms with Crippen molar-refractivity contribution in [3.05, 3.63) is 246 Å². The number of nitrogens with zero attached hydrogens (tertiary/aromatic N) is 15. The molecule has 13 heterocycles. The van der Waals surface area contributed by atoms with Crippen LogP contribution in [-0.2, 0) is 14.2 Å². The summed E-state index contributed by atoms with van der Waals surface area (Å²) in [6, 6.07) is 35.6. The zero-order chi connectivity index (χ0) is 93.3. The van der Waals surface area contributed by atoms with Gasteiger partial charge in [0, 0.05) is 130 Å². The minimum Gasteiger partial charge on any atom is -0.457 e. The summed E-state index contributed by atoms with van der Waals surface area (Å²) in [6.45, 7) is 20.5. The Labute approximate surface area is 833 Å². The monoisotopic (exact) mass is 2400 g/mol. The smallest absolute Gasteiger partial charge is 0.457 e. The molecule has 29 nitrogen and oxygen atoms in total. The van der Waals surface area contributed by atoms with Gasteiger partial charge in [0.1, 0.15) is 58.4 Å². The van der Waals surface area contributed by atoms with Gasteiger partial charge in [0.25, 0.3) is 0 Å². The van der Waals surface area contributed by atoms with Crippen LogP contribution in [0.1, 0.15) is 123 Å². The van der Waals surface area contributed by atoms with E-state index < -0.39 is 30.0 Å². The quantitative estimate of drug-likeness (QED) is 0.0388. The van der Waals surface area contributed by atoms with Crippen molar-refractivity contribution in [2.75, 3.05) is 39.3 Å². The van der Waals surface area contributed by atoms with E-state index in [1.54, 1.807) is 101 Å². The van der Waals surface area contributed by atoms with Crippen molar-refractivity contribution in [2.45, 2.75) is 136 Å². The first kappa shape index (κ1) is 103. The van der Waals surface area contributed by atoms with Crippen molar-refractivity contribution >= 4 is 245 Å². The number of aldehydes is 1. The number of nitrogens with one attached hydrogen (secondary N) is 2. The number of aliphatic hydroxyl groups excluding tert-OH is 1. The average Bonchev–Trinajstić information content (AvgIpc) is 1.51. The van der Waals surface area contributed by atoms with Crippen molar-refractivity contribution in [1.29, 1.82) is 0 Å². The summed E-state index contributed by atoms with van der Waals surface area (Å²) in [5, 5.41) is 55.8. The molecule has 4 aromatic carbocycles. The molecule has 0 spiro atoms. The van der Waals surface area contributed by atoms with E-state index in [-0.39, 0.29) is 30.4 Å². The molecule has 17 rings (SSSR count). The summed E-state index contributed by atoms with van der Waals surface area (Å²) in [5.41, 5.74) is 5.13. The van der Waals surface area contributed by atoms with E-state index in [1.807, 2.05) is 169 Å². The molecule has 3 atom stereocenters. The fourth-order valence-electron chi connectivity index (χ4n) is 12.8. The third-order valence-electron chi connectivity index (χ3n) is 18.6. The Morgan fingerprint density at radius 2 is 0.946 bits per heavy atom. The predicted octanol–water partition coefficient (Wildman–Crippen LogP) is 23.0. The van der Waals surface area contributed by atoms with Crippen LogP contribution in [0.25, 0.3) is 54.9 Å². The number of aromatic amines is 2. The number of H-pyrrole nitrogens is 2. The molecule has 0 bridgehead atoms. The lowest BCUT2D eigenvalue weighted by Crippen LogP contribution is -2.44. The van der Waals surface area contributed by atoms with Gasteiger partial charge in [-0.1, -0.05) is 71.7 Å². The Balaban J connectivity index is 0.000000162. The van der Waals surface area contributed by atoms with Gasteiger partial charge in [-0.15, -0.1) is 0 Å². The van der Waals surface area contributed by atoms with E-state index in [0.717, 1.165) is 147 Å². The number of aromatic nitrogens is 14. The number of likely N-dealkylation sites (tertiary alicyclic amines) is 3. The topological polar surface area (TPSA) is 355 Å². The van der Waals surface area contributed by atoms with Crippen LogP contribution in [0.15, 0.2) is 223 Å². The number of rotatable bonds is 9. The summed E-state index contributed by atoms with van der Waals surface area (Å²) in [4.78, 5) is 76.3. The van der Waals surface area contributed by atoms with Crippen LogP contribution in [-0.4, -0.2) is 194 Å². The van der Waals surface area contributed by atoms with E-state index >= 15 is 0 Å². The highest BCUT2D eigenvalue weighted by Crippen LogP contribution is 2.39. The number of ether oxygens (including phenoxy) is 5. The van der Waals surface area contributed by atoms with Crippen LogP contribution in [0.2, 0.25) is 10.0 Å². The number of hydrogen-bond acceptors (Lipinski definition) is 22. The zero-order valence-corrected chi connectivity index (χ0v) is 86.7. The summed E-state index contributed by atoms with van der Waals surface area (Å²) < 4.78 is 39.0. The number of β-amino-alcohol motifs (C(OH)–C–C–N with tert-alkyl or cyclic N) is 1. The highest BCUT2D eigenvalue weighted by atomic mass is 127. The number of carbonyl (C=O) groups is 4. The minimum atomic E-state index is -1.44. The Morgan fingerprint density at radius 3 is 1.43 bits per heavy atom. The van der Waals surface area contributed by atoms with Gasteiger partial charge in [0.05, 0.1) is 94.2 Å². The molecule has 0 radical (unpaired) electrons. The first-order valence-corrected chi connectivity index (χ1v) is 48.0. The number of halogens is 10. The summed E-state index contributed by atoms with van der Waals surface area (Å²) in [6.07, 6.45) is 27.1. The van der Waals surface area contributed by atoms with Crippen LogP contribution in [0, 0.1) is 7.40 Å². The molecule has 3 saturated heterocycles. The van der Waals surface area contributed by atoms with Crippen molar-refractivity contribution in [2.24, 2.45) is 0 Å². The van der Waals surface area contributed by atoms with Gasteiger partial charge in [0.15, 0.2) is 6.29 Å². The van der Waals surface area contributed by atoms with E-state index in [0.29, 0.717) is 70.3 Å². The van der Waals surface area contributed by atoms with Crippen LogP contribution < -0.4 is 14.9 Å². The molecule has 40 heteroatoms. The Hall–Kier alpha value is -8.40. The fourth-order valence-corrected chi connectivity index (χ4v) is 16.6. The third-order valence-corrected chi connectivity index (χ3v) is 25.0. The van der Waals surface area contributed by atoms with E-state index in [2.05, 4.69) is 191 Å². The first-order chi connectivity index (χ1) is 61.4. The first-order valence-electron chi connectivity index (χ1n) is 40.3. The van der Waals surface area contributed by atoms with E-state index in [1.165, 1.54) is 12.4 Å². The summed E-state index contributed by atoms with van der Waals surface area (Å²) in [7, 11) is -1.44. The van der Waals surface area contributed by atoms with Crippen LogP contribution >= 0.6 is 164 Å². The van der Waals surface area contributed by atoms with Gasteiger partial charge in [0.2, 0.25) is 0 Å². The standard InChI is InChI=1S/C28H29BrN4O3.C16H20BrIN4O2.C12H11BO3.C10H19NO3.C6H3BrClNO.C6H3BrIN3.C6H4BrN3.C5H3BrClN/c1-28(2,3)36-27(34)32-15-7-8-20(18-32)33-26-23(16-30-17-24(26)29)25(31-33)19-11-13-22(14-12-19)35-21-9-5-4-6-10-21;1-16(2,3)24-15(23)21-6-4-5-10(9-21)22-13-11(14(18)20-22)7-19-8-12(13)17;14-13(15)10-6-8-12(9-7-10)16-11-4-2-1-3-5-11;1-10(2,3)14-9(13)11-6-4-5-8(12)7-11;7-5-2-9-1-4(3-10)6(5)8;7-4-2-9-1-3-5(4)10-11-6(3)8;7-5-3-8-1-4-2-9-10-6(4)5;6-4-3-8-2-1-5(4)7/h4-6,9-14,16-17,20H,7-8,15,18H2,1-3H3;7-8,10H,4-6,9H2,1-3H3;1-9,14-15H;8,12H,4-7H2,1-3H3;1-3H;1-2H,(H,10,11);1-3H,(H,9,10);1-3H/t20-;10-;;8-;;;;/m11.0..../s1. The number of piperidine rings is 3. The molecule has 678 valence electrons. The summed E-state index contributed by atoms with van der Waals surface area (Å²) in [5.74, 6) is 2.96. The number of aliphatic hydroxyl groups is 1. The Morgan fingerprint density at radius 1 is 0.496 bits per heavy atom. The Kier molecular flexibility index (Phi) is 38.9. The second kappa shape index (κ2) is 48.8. The molecule has 0 saturated carbocycles. The van der Waals surface area contributed by atoms with Crippen LogP contribution in [0.4, 0.5) is 14.4 Å². The molecule has 5 N–H and O–H groups in total. The predicted molar refractivity (Wildman–Crippen MR) is 538 cm³/mol. The lowest BCUT2D eigenvalue weighted by Gasteiger charge is -2.34. The van der Waals surface area contributed by atoms with Gasteiger partial charge in [-0.2, -0.15) is 20.4 Å². The highest BCUT2D eigenvalue weighted by molar-refractivity contribution is 14.1. The minimum absolute atomic E-state index is 0.0295. The second-order valence-electron chi connectivity index (χ2n) is 32.0. The second-order valence-corrected chi connectivity index (χ2v) is 40.0. The number of benzene rings is 4. The largest absolute Gasteiger partial charge is 0.488 e. The molecule has 14 aromatic rings. The molecule has 3 aliphatic rings. The zero-order valence-electron chi connectivity index (χ0n) is 71.4. The maximum atomic E-state index is 12.8. The molecule has 3 fully saturated rings. The number of pyridine rings is 6. The van der Waals surface area contributed by atoms with Gasteiger partial charge in [-0.05, 0) is 314 Å². The average molecular weight is 2410 g/mol. The number of para-hydroxylation sites is 2. The van der Waals surface area contributed by atoms with E-state index in [9.17, 15) is 24.3 Å². The van der Waals surface area contributed by atoms with Crippen LogP contribution in [0.3, 0.4) is 0 Å². The van der Waals surface area contributed by atoms with Crippen molar-refractivity contribution in [3.63, 3.8) is 0 Å². The molecule has 3 amide bonds. The van der Waals surface area contributed by atoms with Gasteiger partial charge < -0.3 is 53.5 Å². The molecule has 3 aliphatic heterocycles. The normalized spacial score (nSPS) is 14.8. The van der Waals surface area contributed by atoms with Crippen molar-refractivity contribution in [3.8, 4) is 34.3 Å². The van der Waals surface area contributed by atoms with Gasteiger partial charge in [-0.3, -0.25) is 54.3 Å². The molecule has 10 aromatic heterocycles. The van der Waals surface area contributed by atoms with Gasteiger partial charge >= 0.3 is 25.4 Å². The summed E-state index contributed by atoms with van der Waals surface area (Å²) >= 11 is 36.0. The Bertz CT molecular complexity index is 6020. The van der Waals surface area contributed by atoms with Crippen LogP contribution in [0.5, 0.6) is 23.0 Å². The molecular weight excluding hydrogens is 2310 g/mol. The molecular formula is C89H92BBr6Cl2I2N17O12. The lowest BCUT2D eigenvalue weighted by molar-refractivity contribution is 0.00383. The van der Waals surface area contributed by atoms with Crippen molar-refractivity contribution < 1.29 is 58.0 Å². The molecule has 129 heavy (non-hydrogen) atoms. The maximum absolute atomic E-state index is 12.8. The SMILES string of the molecule is Brc1cncc2c(I)[nH]nc12.Brc1cncc2cn[nH]c12.CC(C)(C)OC(=O)N1CCC[C@@H](n2nc(-c3ccc(Oc4ccccc4)cc3)c3cncc(Br)c32)C1.CC(C)(C)OC(=O)N1CCC[C@@H](n2nc(I)c3cncc(Br)c32)C1.CC(C)(C)OC(=O)N1CCC[C@H](O)C1.Clc1ccncc1Br.O=Cc1cncc(Br)c1Cl.OB(O)c1ccc(Oc2ccccc2)cc1. The number of carbonyl (C=O) groups excluding carboxylic acids is 4. The maximum Gasteiger partial charge on any atom is 0.488 e. The lowest BCUT2D eigenvalue weighted by atomic mass is 9.80. The molecule has 0 unspecified atom stereocenters. The number of hydrogen-bond donors (Lipinski definition) is 5. The van der Waals surface area contributed by atoms with Crippen molar-refractivity contribution in [1.82, 2.24) is 84.6 Å². The number of fused-ring (bicyclic) bond motifs is 4. The van der Waals surface area contributed by atoms with E-state index in [4.69, 9.17) is 67.1 Å².